The van der Waals surface area contributed by atoms with Crippen LogP contribution in [-0.4, -0.2) is 13.6 Å². The van der Waals surface area contributed by atoms with Crippen LogP contribution in [0, 0.1) is 17.3 Å². The highest BCUT2D eigenvalue weighted by molar-refractivity contribution is 4.92. The number of nitrogens with one attached hydrogen (secondary N) is 1. The van der Waals surface area contributed by atoms with E-state index in [2.05, 4.69) is 33.1 Å². The average molecular weight is 183 g/mol. The molecule has 0 heterocycles. The van der Waals surface area contributed by atoms with Gasteiger partial charge in [-0.1, -0.05) is 27.2 Å². The molecule has 0 aromatic heterocycles. The van der Waals surface area contributed by atoms with Crippen LogP contribution >= 0.6 is 0 Å². The average Bonchev–Trinajstić information content (AvgIpc) is 2.86. The van der Waals surface area contributed by atoms with Crippen molar-refractivity contribution in [3.8, 4) is 0 Å². The molecular weight excluding hydrogens is 158 g/mol. The van der Waals surface area contributed by atoms with Crippen LogP contribution in [0.1, 0.15) is 46.5 Å². The van der Waals surface area contributed by atoms with Crippen molar-refractivity contribution in [1.29, 1.82) is 0 Å². The summed E-state index contributed by atoms with van der Waals surface area (Å²) in [6, 6.07) is 0. The SMILES string of the molecule is CCC(C)CC(C)(CNC)C1CC1. The monoisotopic (exact) mass is 183 g/mol. The Labute approximate surface area is 83.3 Å². The minimum Gasteiger partial charge on any atom is -0.319 e. The maximum Gasteiger partial charge on any atom is 0.000491 e. The van der Waals surface area contributed by atoms with E-state index in [0.717, 1.165) is 11.8 Å². The Morgan fingerprint density at radius 1 is 1.46 bits per heavy atom. The van der Waals surface area contributed by atoms with Gasteiger partial charge in [-0.2, -0.15) is 0 Å². The lowest BCUT2D eigenvalue weighted by molar-refractivity contribution is 0.202. The van der Waals surface area contributed by atoms with E-state index in [4.69, 9.17) is 0 Å². The third-order valence-corrected chi connectivity index (χ3v) is 3.66. The van der Waals surface area contributed by atoms with Crippen LogP contribution < -0.4 is 5.32 Å². The third-order valence-electron chi connectivity index (χ3n) is 3.66. The number of hydrogen-bond donors (Lipinski definition) is 1. The molecular formula is C12H25N. The standard InChI is InChI=1S/C12H25N/c1-5-10(2)8-12(3,9-13-4)11-6-7-11/h10-11,13H,5-9H2,1-4H3. The van der Waals surface area contributed by atoms with E-state index in [0.29, 0.717) is 5.41 Å². The van der Waals surface area contributed by atoms with Gasteiger partial charge in [0, 0.05) is 6.54 Å². The van der Waals surface area contributed by atoms with Gasteiger partial charge in [-0.25, -0.2) is 0 Å². The first-order valence-corrected chi connectivity index (χ1v) is 5.77. The van der Waals surface area contributed by atoms with Crippen LogP contribution in [0.5, 0.6) is 0 Å². The van der Waals surface area contributed by atoms with Crippen molar-refractivity contribution in [3.05, 3.63) is 0 Å². The highest BCUT2D eigenvalue weighted by atomic mass is 14.8. The summed E-state index contributed by atoms with van der Waals surface area (Å²) in [6.45, 7) is 8.35. The van der Waals surface area contributed by atoms with E-state index in [1.807, 2.05) is 0 Å². The third kappa shape index (κ3) is 2.98. The largest absolute Gasteiger partial charge is 0.319 e. The van der Waals surface area contributed by atoms with Gasteiger partial charge in [0.05, 0.1) is 0 Å². The maximum atomic E-state index is 3.36. The van der Waals surface area contributed by atoms with Crippen LogP contribution in [0.25, 0.3) is 0 Å². The lowest BCUT2D eigenvalue weighted by Crippen LogP contribution is -2.33. The van der Waals surface area contributed by atoms with Gasteiger partial charge in [0.1, 0.15) is 0 Å². The second kappa shape index (κ2) is 4.45. The summed E-state index contributed by atoms with van der Waals surface area (Å²) in [5, 5.41) is 3.36. The molecule has 78 valence electrons. The fourth-order valence-electron chi connectivity index (χ4n) is 2.51. The second-order valence-corrected chi connectivity index (χ2v) is 5.18. The molecule has 0 radical (unpaired) electrons. The van der Waals surface area contributed by atoms with Gasteiger partial charge in [-0.15, -0.1) is 0 Å². The molecule has 1 aliphatic carbocycles. The van der Waals surface area contributed by atoms with Crippen molar-refractivity contribution in [2.75, 3.05) is 13.6 Å². The van der Waals surface area contributed by atoms with Crippen LogP contribution in [0.2, 0.25) is 0 Å². The molecule has 2 atom stereocenters. The molecule has 1 aliphatic rings. The Morgan fingerprint density at radius 2 is 2.08 bits per heavy atom. The quantitative estimate of drug-likeness (QED) is 0.667. The molecule has 13 heavy (non-hydrogen) atoms. The Balaban J connectivity index is 2.45. The molecule has 0 aromatic rings. The molecule has 0 saturated heterocycles. The molecule has 2 unspecified atom stereocenters. The molecule has 1 saturated carbocycles. The summed E-state index contributed by atoms with van der Waals surface area (Å²) in [5.41, 5.74) is 0.574. The maximum absolute atomic E-state index is 3.36. The fraction of sp³-hybridized carbons (Fsp3) is 1.00. The first kappa shape index (κ1) is 11.0. The van der Waals surface area contributed by atoms with E-state index >= 15 is 0 Å². The van der Waals surface area contributed by atoms with Crippen molar-refractivity contribution in [1.82, 2.24) is 5.32 Å². The van der Waals surface area contributed by atoms with Crippen molar-refractivity contribution >= 4 is 0 Å². The smallest absolute Gasteiger partial charge is 0.000491 e. The van der Waals surface area contributed by atoms with E-state index in [1.165, 1.54) is 32.2 Å². The van der Waals surface area contributed by atoms with Crippen molar-refractivity contribution in [2.24, 2.45) is 17.3 Å². The fourth-order valence-corrected chi connectivity index (χ4v) is 2.51. The molecule has 1 heteroatoms. The highest BCUT2D eigenvalue weighted by Gasteiger charge is 2.41. The van der Waals surface area contributed by atoms with Crippen LogP contribution in [0.3, 0.4) is 0 Å². The van der Waals surface area contributed by atoms with Crippen molar-refractivity contribution in [3.63, 3.8) is 0 Å². The minimum absolute atomic E-state index is 0.574. The van der Waals surface area contributed by atoms with Crippen LogP contribution in [0.4, 0.5) is 0 Å². The zero-order valence-electron chi connectivity index (χ0n) is 9.69. The van der Waals surface area contributed by atoms with Gasteiger partial charge in [-0.3, -0.25) is 0 Å². The van der Waals surface area contributed by atoms with Gasteiger partial charge < -0.3 is 5.32 Å². The molecule has 0 amide bonds. The van der Waals surface area contributed by atoms with E-state index < -0.39 is 0 Å². The molecule has 0 spiro atoms. The van der Waals surface area contributed by atoms with Gasteiger partial charge in [0.25, 0.3) is 0 Å². The zero-order valence-corrected chi connectivity index (χ0v) is 9.69. The summed E-state index contributed by atoms with van der Waals surface area (Å²) >= 11 is 0. The highest BCUT2D eigenvalue weighted by Crippen LogP contribution is 2.48. The molecule has 0 bridgehead atoms. The molecule has 1 nitrogen and oxygen atoms in total. The minimum atomic E-state index is 0.574. The first-order chi connectivity index (χ1) is 6.12. The Hall–Kier alpha value is -0.0400. The summed E-state index contributed by atoms with van der Waals surface area (Å²) in [4.78, 5) is 0. The predicted octanol–water partition coefficient (Wildman–Crippen LogP) is 3.06. The first-order valence-electron chi connectivity index (χ1n) is 5.77. The molecule has 0 aliphatic heterocycles. The van der Waals surface area contributed by atoms with E-state index in [-0.39, 0.29) is 0 Å². The Bertz CT molecular complexity index is 151. The number of rotatable bonds is 6. The predicted molar refractivity (Wildman–Crippen MR) is 58.8 cm³/mol. The lowest BCUT2D eigenvalue weighted by atomic mass is 9.76. The topological polar surface area (TPSA) is 12.0 Å². The van der Waals surface area contributed by atoms with Crippen molar-refractivity contribution in [2.45, 2.75) is 46.5 Å². The summed E-state index contributed by atoms with van der Waals surface area (Å²) < 4.78 is 0. The van der Waals surface area contributed by atoms with Gasteiger partial charge in [-0.05, 0) is 43.6 Å². The van der Waals surface area contributed by atoms with Gasteiger partial charge in [0.2, 0.25) is 0 Å². The van der Waals surface area contributed by atoms with E-state index in [1.54, 1.807) is 0 Å². The number of hydrogen-bond acceptors (Lipinski definition) is 1. The van der Waals surface area contributed by atoms with Crippen LogP contribution in [0.15, 0.2) is 0 Å². The van der Waals surface area contributed by atoms with Crippen molar-refractivity contribution < 1.29 is 0 Å². The normalized spacial score (nSPS) is 24.0. The molecule has 1 rings (SSSR count). The summed E-state index contributed by atoms with van der Waals surface area (Å²) in [5.74, 6) is 1.90. The van der Waals surface area contributed by atoms with E-state index in [9.17, 15) is 0 Å². The van der Waals surface area contributed by atoms with Gasteiger partial charge in [0.15, 0.2) is 0 Å². The Morgan fingerprint density at radius 3 is 2.46 bits per heavy atom. The second-order valence-electron chi connectivity index (χ2n) is 5.18. The molecule has 1 N–H and O–H groups in total. The summed E-state index contributed by atoms with van der Waals surface area (Å²) in [6.07, 6.45) is 5.66. The zero-order chi connectivity index (χ0) is 9.90. The summed E-state index contributed by atoms with van der Waals surface area (Å²) in [7, 11) is 2.08. The Kier molecular flexibility index (Phi) is 3.78. The lowest BCUT2D eigenvalue weighted by Gasteiger charge is -2.32. The molecule has 0 aromatic carbocycles. The van der Waals surface area contributed by atoms with Crippen LogP contribution in [-0.2, 0) is 0 Å². The van der Waals surface area contributed by atoms with Gasteiger partial charge >= 0.3 is 0 Å². The molecule has 1 fully saturated rings.